The van der Waals surface area contributed by atoms with Gasteiger partial charge in [-0.3, -0.25) is 4.79 Å². The Balaban J connectivity index is 2.08. The molecule has 0 bridgehead atoms. The summed E-state index contributed by atoms with van der Waals surface area (Å²) >= 11 is 0. The van der Waals surface area contributed by atoms with E-state index in [9.17, 15) is 14.3 Å². The van der Waals surface area contributed by atoms with Crippen LogP contribution in [0.25, 0.3) is 0 Å². The quantitative estimate of drug-likeness (QED) is 0.859. The second kappa shape index (κ2) is 6.66. The second-order valence-corrected chi connectivity index (χ2v) is 5.12. The SMILES string of the molecule is CCN(Cc1ccc(C#N)cc1F)C(=O)C1CC(O)CN1. The molecule has 1 amide bonds. The fourth-order valence-electron chi connectivity index (χ4n) is 2.42. The van der Waals surface area contributed by atoms with Crippen molar-refractivity contribution < 1.29 is 14.3 Å². The van der Waals surface area contributed by atoms with E-state index >= 15 is 0 Å². The fraction of sp³-hybridized carbons (Fsp3) is 0.467. The van der Waals surface area contributed by atoms with E-state index in [1.807, 2.05) is 13.0 Å². The first-order valence-electron chi connectivity index (χ1n) is 6.94. The maximum Gasteiger partial charge on any atom is 0.240 e. The molecule has 112 valence electrons. The number of amides is 1. The predicted molar refractivity (Wildman–Crippen MR) is 74.6 cm³/mol. The predicted octanol–water partition coefficient (Wildman–Crippen LogP) is 0.769. The lowest BCUT2D eigenvalue weighted by Gasteiger charge is -2.24. The zero-order valence-corrected chi connectivity index (χ0v) is 11.8. The summed E-state index contributed by atoms with van der Waals surface area (Å²) in [5, 5.41) is 21.2. The number of rotatable bonds is 4. The van der Waals surface area contributed by atoms with Gasteiger partial charge >= 0.3 is 0 Å². The molecule has 5 nitrogen and oxygen atoms in total. The number of carbonyl (C=O) groups excluding carboxylic acids is 1. The van der Waals surface area contributed by atoms with Gasteiger partial charge in [0.1, 0.15) is 5.82 Å². The zero-order valence-electron chi connectivity index (χ0n) is 11.8. The van der Waals surface area contributed by atoms with E-state index in [2.05, 4.69) is 5.32 Å². The Kier molecular flexibility index (Phi) is 4.89. The van der Waals surface area contributed by atoms with Crippen molar-refractivity contribution >= 4 is 5.91 Å². The van der Waals surface area contributed by atoms with Crippen LogP contribution in [0, 0.1) is 17.1 Å². The molecule has 0 spiro atoms. The minimum Gasteiger partial charge on any atom is -0.392 e. The minimum atomic E-state index is -0.510. The van der Waals surface area contributed by atoms with Crippen molar-refractivity contribution in [2.75, 3.05) is 13.1 Å². The number of benzene rings is 1. The topological polar surface area (TPSA) is 76.4 Å². The van der Waals surface area contributed by atoms with Gasteiger partial charge in [-0.15, -0.1) is 0 Å². The van der Waals surface area contributed by atoms with Crippen LogP contribution in [0.3, 0.4) is 0 Å². The van der Waals surface area contributed by atoms with Crippen LogP contribution in [0.15, 0.2) is 18.2 Å². The van der Waals surface area contributed by atoms with Crippen molar-refractivity contribution in [1.82, 2.24) is 10.2 Å². The summed E-state index contributed by atoms with van der Waals surface area (Å²) in [6.45, 7) is 2.83. The second-order valence-electron chi connectivity index (χ2n) is 5.12. The van der Waals surface area contributed by atoms with Gasteiger partial charge in [0.05, 0.1) is 23.8 Å². The number of aliphatic hydroxyl groups excluding tert-OH is 1. The van der Waals surface area contributed by atoms with Crippen LogP contribution in [0.2, 0.25) is 0 Å². The Morgan fingerprint density at radius 1 is 1.62 bits per heavy atom. The summed E-state index contributed by atoms with van der Waals surface area (Å²) in [7, 11) is 0. The van der Waals surface area contributed by atoms with Crippen LogP contribution < -0.4 is 5.32 Å². The first kappa shape index (κ1) is 15.4. The number of aliphatic hydroxyl groups is 1. The lowest BCUT2D eigenvalue weighted by molar-refractivity contribution is -0.133. The molecule has 1 heterocycles. The summed E-state index contributed by atoms with van der Waals surface area (Å²) in [6, 6.07) is 5.70. The molecule has 2 unspecified atom stereocenters. The molecule has 1 saturated heterocycles. The molecular formula is C15H18FN3O2. The smallest absolute Gasteiger partial charge is 0.240 e. The average molecular weight is 291 g/mol. The summed E-state index contributed by atoms with van der Waals surface area (Å²) in [4.78, 5) is 13.9. The third kappa shape index (κ3) is 3.57. The van der Waals surface area contributed by atoms with E-state index in [1.165, 1.54) is 18.2 Å². The molecule has 1 aliphatic rings. The Morgan fingerprint density at radius 2 is 2.38 bits per heavy atom. The zero-order chi connectivity index (χ0) is 15.4. The van der Waals surface area contributed by atoms with Gasteiger partial charge in [-0.1, -0.05) is 6.07 Å². The molecule has 0 saturated carbocycles. The van der Waals surface area contributed by atoms with E-state index in [-0.39, 0.29) is 18.0 Å². The Hall–Kier alpha value is -1.97. The molecule has 0 aliphatic carbocycles. The van der Waals surface area contributed by atoms with Crippen LogP contribution in [-0.2, 0) is 11.3 Å². The van der Waals surface area contributed by atoms with Crippen molar-refractivity contribution in [2.45, 2.75) is 32.0 Å². The van der Waals surface area contributed by atoms with Gasteiger partial charge in [0.15, 0.2) is 0 Å². The number of nitrogens with zero attached hydrogens (tertiary/aromatic N) is 2. The van der Waals surface area contributed by atoms with Gasteiger partial charge in [0.25, 0.3) is 0 Å². The van der Waals surface area contributed by atoms with Crippen LogP contribution in [0.5, 0.6) is 0 Å². The van der Waals surface area contributed by atoms with E-state index in [0.29, 0.717) is 25.1 Å². The molecule has 1 aromatic carbocycles. The first-order chi connectivity index (χ1) is 10.0. The Morgan fingerprint density at radius 3 is 2.90 bits per heavy atom. The molecule has 1 aliphatic heterocycles. The third-order valence-electron chi connectivity index (χ3n) is 3.64. The van der Waals surface area contributed by atoms with Crippen molar-refractivity contribution in [3.05, 3.63) is 35.1 Å². The third-order valence-corrected chi connectivity index (χ3v) is 3.64. The van der Waals surface area contributed by atoms with Gasteiger partial charge < -0.3 is 15.3 Å². The summed E-state index contributed by atoms with van der Waals surface area (Å²) in [5.74, 6) is -0.627. The molecule has 2 rings (SSSR count). The van der Waals surface area contributed by atoms with E-state index in [4.69, 9.17) is 5.26 Å². The highest BCUT2D eigenvalue weighted by Crippen LogP contribution is 2.15. The van der Waals surface area contributed by atoms with Gasteiger partial charge in [-0.25, -0.2) is 4.39 Å². The summed E-state index contributed by atoms with van der Waals surface area (Å²) in [6.07, 6.45) is -0.130. The largest absolute Gasteiger partial charge is 0.392 e. The molecule has 0 aromatic heterocycles. The van der Waals surface area contributed by atoms with E-state index in [1.54, 1.807) is 4.90 Å². The lowest BCUT2D eigenvalue weighted by atomic mass is 10.1. The lowest BCUT2D eigenvalue weighted by Crippen LogP contribution is -2.43. The van der Waals surface area contributed by atoms with Crippen molar-refractivity contribution in [3.8, 4) is 6.07 Å². The number of halogens is 1. The van der Waals surface area contributed by atoms with E-state index < -0.39 is 18.0 Å². The number of β-amino-alcohol motifs (C(OH)–C–C–N with tert-alkyl or cyclic N) is 1. The van der Waals surface area contributed by atoms with Gasteiger partial charge in [0.2, 0.25) is 5.91 Å². The number of nitrogens with one attached hydrogen (secondary N) is 1. The van der Waals surface area contributed by atoms with Crippen molar-refractivity contribution in [3.63, 3.8) is 0 Å². The fourth-order valence-corrected chi connectivity index (χ4v) is 2.42. The number of nitriles is 1. The number of carbonyl (C=O) groups is 1. The highest BCUT2D eigenvalue weighted by molar-refractivity contribution is 5.82. The number of likely N-dealkylation sites (N-methyl/N-ethyl adjacent to an activating group) is 1. The molecule has 21 heavy (non-hydrogen) atoms. The Labute approximate surface area is 123 Å². The van der Waals surface area contributed by atoms with Crippen molar-refractivity contribution in [1.29, 1.82) is 5.26 Å². The standard InChI is InChI=1S/C15H18FN3O2/c1-2-19(15(21)14-6-12(20)8-18-14)9-11-4-3-10(7-17)5-13(11)16/h3-5,12,14,18,20H,2,6,8-9H2,1H3. The van der Waals surface area contributed by atoms with Gasteiger partial charge in [-0.2, -0.15) is 5.26 Å². The van der Waals surface area contributed by atoms with Crippen LogP contribution in [0.4, 0.5) is 4.39 Å². The molecule has 1 fully saturated rings. The summed E-state index contributed by atoms with van der Waals surface area (Å²) < 4.78 is 13.9. The highest BCUT2D eigenvalue weighted by atomic mass is 19.1. The normalized spacial score (nSPS) is 21.0. The molecule has 6 heteroatoms. The molecule has 0 radical (unpaired) electrons. The molecular weight excluding hydrogens is 273 g/mol. The molecule has 1 aromatic rings. The highest BCUT2D eigenvalue weighted by Gasteiger charge is 2.31. The van der Waals surface area contributed by atoms with Crippen LogP contribution in [-0.4, -0.2) is 41.1 Å². The van der Waals surface area contributed by atoms with E-state index in [0.717, 1.165) is 0 Å². The Bertz CT molecular complexity index is 571. The maximum atomic E-state index is 13.9. The maximum absolute atomic E-state index is 13.9. The average Bonchev–Trinajstić information content (AvgIpc) is 2.92. The van der Waals surface area contributed by atoms with Gasteiger partial charge in [0, 0.05) is 25.2 Å². The van der Waals surface area contributed by atoms with Gasteiger partial charge in [-0.05, 0) is 25.5 Å². The minimum absolute atomic E-state index is 0.141. The first-order valence-corrected chi connectivity index (χ1v) is 6.94. The monoisotopic (exact) mass is 291 g/mol. The molecule has 2 N–H and O–H groups in total. The number of hydrogen-bond donors (Lipinski definition) is 2. The van der Waals surface area contributed by atoms with Crippen LogP contribution in [0.1, 0.15) is 24.5 Å². The number of hydrogen-bond acceptors (Lipinski definition) is 4. The summed E-state index contributed by atoms with van der Waals surface area (Å²) in [5.41, 5.74) is 0.633. The molecule has 2 atom stereocenters. The van der Waals surface area contributed by atoms with Crippen molar-refractivity contribution in [2.24, 2.45) is 0 Å². The van der Waals surface area contributed by atoms with Crippen LogP contribution >= 0.6 is 0 Å².